The summed E-state index contributed by atoms with van der Waals surface area (Å²) in [7, 11) is 0. The average molecular weight is 597 g/mol. The van der Waals surface area contributed by atoms with E-state index in [9.17, 15) is 19.2 Å². The fourth-order valence-electron chi connectivity index (χ4n) is 9.04. The quantitative estimate of drug-likeness (QED) is 0.218. The summed E-state index contributed by atoms with van der Waals surface area (Å²) >= 11 is 0. The summed E-state index contributed by atoms with van der Waals surface area (Å²) < 4.78 is 23.6. The predicted molar refractivity (Wildman–Crippen MR) is 159 cm³/mol. The number of benzene rings is 2. The van der Waals surface area contributed by atoms with Crippen LogP contribution in [0.3, 0.4) is 0 Å². The Labute approximate surface area is 256 Å². The lowest BCUT2D eigenvalue weighted by Gasteiger charge is -2.70. The first-order chi connectivity index (χ1) is 21.2. The van der Waals surface area contributed by atoms with Crippen molar-refractivity contribution in [3.8, 4) is 11.5 Å². The number of allylic oxidation sites excluding steroid dienone is 1. The Hall–Kier alpha value is -4.20. The number of ether oxygens (including phenoxy) is 4. The first-order valence-electron chi connectivity index (χ1n) is 15.7. The molecule has 1 saturated heterocycles. The van der Waals surface area contributed by atoms with Crippen LogP contribution in [0, 0.1) is 16.7 Å². The van der Waals surface area contributed by atoms with Gasteiger partial charge in [0.2, 0.25) is 0 Å². The van der Waals surface area contributed by atoms with Gasteiger partial charge in [-0.25, -0.2) is 4.79 Å². The lowest BCUT2D eigenvalue weighted by molar-refractivity contribution is -0.285. The molecule has 0 N–H and O–H groups in total. The van der Waals surface area contributed by atoms with Crippen LogP contribution in [0.2, 0.25) is 0 Å². The van der Waals surface area contributed by atoms with Crippen LogP contribution >= 0.6 is 0 Å². The smallest absolute Gasteiger partial charge is 0.335 e. The van der Waals surface area contributed by atoms with Crippen LogP contribution in [-0.4, -0.2) is 23.9 Å². The molecule has 3 unspecified atom stereocenters. The highest BCUT2D eigenvalue weighted by molar-refractivity contribution is 6.02. The number of hydrogen-bond acceptors (Lipinski definition) is 8. The molecule has 3 saturated carbocycles. The molecule has 2 aromatic rings. The highest BCUT2D eigenvalue weighted by atomic mass is 16.6. The van der Waals surface area contributed by atoms with Crippen molar-refractivity contribution in [2.45, 2.75) is 83.7 Å². The van der Waals surface area contributed by atoms with Gasteiger partial charge >= 0.3 is 23.9 Å². The summed E-state index contributed by atoms with van der Waals surface area (Å²) in [6.07, 6.45) is 10.7. The van der Waals surface area contributed by atoms with Crippen molar-refractivity contribution in [2.24, 2.45) is 16.7 Å². The third-order valence-corrected chi connectivity index (χ3v) is 10.5. The van der Waals surface area contributed by atoms with Gasteiger partial charge < -0.3 is 18.9 Å². The minimum absolute atomic E-state index is 0.356. The predicted octanol–water partition coefficient (Wildman–Crippen LogP) is 6.71. The van der Waals surface area contributed by atoms with Gasteiger partial charge in [0.25, 0.3) is 0 Å². The van der Waals surface area contributed by atoms with Crippen LogP contribution in [0.1, 0.15) is 89.2 Å². The second-order valence-electron chi connectivity index (χ2n) is 12.8. The van der Waals surface area contributed by atoms with E-state index in [0.29, 0.717) is 41.2 Å². The number of cyclic esters (lactones) is 1. The number of rotatable bonds is 4. The summed E-state index contributed by atoms with van der Waals surface area (Å²) in [4.78, 5) is 52.3. The first kappa shape index (κ1) is 28.6. The number of hydrogen-bond donors (Lipinski definition) is 0. The fourth-order valence-corrected chi connectivity index (χ4v) is 9.04. The summed E-state index contributed by atoms with van der Waals surface area (Å²) in [6.45, 7) is 2.69. The molecule has 4 fully saturated rings. The molecule has 228 valence electrons. The molecule has 3 aliphatic carbocycles. The Morgan fingerprint density at radius 1 is 0.818 bits per heavy atom. The zero-order valence-electron chi connectivity index (χ0n) is 25.1. The second kappa shape index (κ2) is 10.5. The topological polar surface area (TPSA) is 105 Å². The maximum absolute atomic E-state index is 14.5. The molecule has 2 aromatic carbocycles. The summed E-state index contributed by atoms with van der Waals surface area (Å²) in [5.74, 6) is -1.10. The zero-order chi connectivity index (χ0) is 30.7. The monoisotopic (exact) mass is 596 g/mol. The molecule has 8 nitrogen and oxygen atoms in total. The molecular weight excluding hydrogens is 560 g/mol. The van der Waals surface area contributed by atoms with Crippen molar-refractivity contribution in [1.82, 2.24) is 0 Å². The van der Waals surface area contributed by atoms with Gasteiger partial charge in [-0.1, -0.05) is 55.5 Å². The molecule has 0 aromatic heterocycles. The minimum Gasteiger partial charge on any atom is -0.449 e. The summed E-state index contributed by atoms with van der Waals surface area (Å²) in [5.41, 5.74) is 0.0137. The van der Waals surface area contributed by atoms with Crippen LogP contribution in [-0.2, 0) is 34.3 Å². The van der Waals surface area contributed by atoms with Gasteiger partial charge in [0.15, 0.2) is 5.60 Å². The highest BCUT2D eigenvalue weighted by Gasteiger charge is 2.89. The fraction of sp³-hybridized carbons (Fsp3) is 0.444. The molecule has 5 aliphatic rings. The summed E-state index contributed by atoms with van der Waals surface area (Å²) in [6, 6.07) is 14.2. The molecule has 2 aliphatic heterocycles. The van der Waals surface area contributed by atoms with Gasteiger partial charge in [-0.3, -0.25) is 14.4 Å². The number of carbonyl (C=O) groups is 4. The van der Waals surface area contributed by atoms with E-state index < -0.39 is 34.3 Å². The lowest BCUT2D eigenvalue weighted by Crippen LogP contribution is -2.75. The Kier molecular flexibility index (Phi) is 6.79. The Morgan fingerprint density at radius 3 is 2.14 bits per heavy atom. The van der Waals surface area contributed by atoms with Gasteiger partial charge in [0, 0.05) is 36.0 Å². The van der Waals surface area contributed by atoms with Crippen molar-refractivity contribution in [3.05, 3.63) is 76.9 Å². The maximum atomic E-state index is 14.5. The third kappa shape index (κ3) is 3.95. The molecular formula is C36H36O8. The number of esters is 4. The second-order valence-corrected chi connectivity index (χ2v) is 12.8. The molecule has 44 heavy (non-hydrogen) atoms. The van der Waals surface area contributed by atoms with Gasteiger partial charge in [-0.2, -0.15) is 0 Å². The van der Waals surface area contributed by atoms with E-state index in [4.69, 9.17) is 18.9 Å². The van der Waals surface area contributed by atoms with E-state index in [2.05, 4.69) is 0 Å². The van der Waals surface area contributed by atoms with Crippen molar-refractivity contribution in [2.75, 3.05) is 0 Å². The molecule has 8 heteroatoms. The van der Waals surface area contributed by atoms with Crippen LogP contribution in [0.5, 0.6) is 11.5 Å². The SMILES string of the molecule is CC(=O)Oc1cccc(C2=CC3(C(=O)O2)C2C(=C4CCCCC4)C(=O)OC2(c2cccc(OC(C)=O)c2)C32CCCCC2)c1. The molecule has 7 rings (SSSR count). The van der Waals surface area contributed by atoms with Crippen LogP contribution in [0.4, 0.5) is 0 Å². The van der Waals surface area contributed by atoms with Crippen LogP contribution < -0.4 is 9.47 Å². The van der Waals surface area contributed by atoms with Crippen LogP contribution in [0.25, 0.3) is 5.76 Å². The van der Waals surface area contributed by atoms with Crippen molar-refractivity contribution < 1.29 is 38.1 Å². The third-order valence-electron chi connectivity index (χ3n) is 10.5. The first-order valence-corrected chi connectivity index (χ1v) is 15.7. The van der Waals surface area contributed by atoms with E-state index in [1.54, 1.807) is 30.3 Å². The van der Waals surface area contributed by atoms with Crippen molar-refractivity contribution in [1.29, 1.82) is 0 Å². The number of carbonyl (C=O) groups excluding carboxylic acids is 4. The van der Waals surface area contributed by atoms with E-state index >= 15 is 0 Å². The van der Waals surface area contributed by atoms with E-state index in [1.165, 1.54) is 13.8 Å². The molecule has 2 heterocycles. The zero-order valence-corrected chi connectivity index (χ0v) is 25.1. The molecule has 2 spiro atoms. The van der Waals surface area contributed by atoms with Crippen LogP contribution in [0.15, 0.2) is 65.8 Å². The average Bonchev–Trinajstić information content (AvgIpc) is 3.52. The summed E-state index contributed by atoms with van der Waals surface area (Å²) in [5, 5.41) is 0. The van der Waals surface area contributed by atoms with E-state index in [0.717, 1.165) is 62.5 Å². The van der Waals surface area contributed by atoms with Crippen molar-refractivity contribution >= 4 is 29.6 Å². The molecule has 0 bridgehead atoms. The molecule has 0 radical (unpaired) electrons. The molecule has 0 amide bonds. The Balaban J connectivity index is 1.46. The number of fused-ring (bicyclic) bond motifs is 4. The van der Waals surface area contributed by atoms with E-state index in [1.807, 2.05) is 24.3 Å². The lowest BCUT2D eigenvalue weighted by atomic mass is 9.31. The van der Waals surface area contributed by atoms with Crippen molar-refractivity contribution in [3.63, 3.8) is 0 Å². The Morgan fingerprint density at radius 2 is 1.45 bits per heavy atom. The maximum Gasteiger partial charge on any atom is 0.335 e. The minimum atomic E-state index is -1.14. The highest BCUT2D eigenvalue weighted by Crippen LogP contribution is 2.83. The Bertz CT molecular complexity index is 1630. The standard InChI is InChI=1S/C36H36O8/c1-22(37)41-27-15-9-13-25(19-27)29-21-35(33(40)43-29)31-30(24-11-5-3-6-12-24)32(39)44-36(31,34(35)17-7-4-8-18-34)26-14-10-16-28(20-26)42-23(2)38/h9-10,13-16,19-21,31H,3-8,11-12,17-18H2,1-2H3. The molecule has 3 atom stereocenters. The van der Waals surface area contributed by atoms with Gasteiger partial charge in [-0.15, -0.1) is 0 Å². The van der Waals surface area contributed by atoms with Gasteiger partial charge in [-0.05, 0) is 68.9 Å². The van der Waals surface area contributed by atoms with Gasteiger partial charge in [0.05, 0.1) is 5.92 Å². The largest absolute Gasteiger partial charge is 0.449 e. The van der Waals surface area contributed by atoms with Gasteiger partial charge in [0.1, 0.15) is 22.7 Å². The van der Waals surface area contributed by atoms with E-state index in [-0.39, 0.29) is 11.9 Å². The normalized spacial score (nSPS) is 28.6.